The molecule has 2 aromatic heterocycles. The van der Waals surface area contributed by atoms with Crippen LogP contribution < -0.4 is 4.74 Å². The number of benzene rings is 1. The molecule has 0 saturated carbocycles. The van der Waals surface area contributed by atoms with Crippen LogP contribution in [-0.2, 0) is 13.1 Å². The van der Waals surface area contributed by atoms with Crippen LogP contribution >= 0.6 is 0 Å². The molecule has 2 saturated heterocycles. The van der Waals surface area contributed by atoms with Crippen LogP contribution in [-0.4, -0.2) is 88.7 Å². The van der Waals surface area contributed by atoms with Crippen molar-refractivity contribution in [2.75, 3.05) is 59.5 Å². The number of hydrogen-bond acceptors (Lipinski definition) is 7. The van der Waals surface area contributed by atoms with Crippen molar-refractivity contribution in [3.63, 3.8) is 0 Å². The average Bonchev–Trinajstić information content (AvgIpc) is 3.25. The number of piperazine rings is 1. The van der Waals surface area contributed by atoms with E-state index in [-0.39, 0.29) is 11.2 Å². The summed E-state index contributed by atoms with van der Waals surface area (Å²) in [4.78, 5) is 16.2. The van der Waals surface area contributed by atoms with Gasteiger partial charge in [-0.2, -0.15) is 5.26 Å². The van der Waals surface area contributed by atoms with Crippen LogP contribution in [0, 0.1) is 16.7 Å². The second-order valence-electron chi connectivity index (χ2n) is 12.5. The second kappa shape index (κ2) is 12.0. The van der Waals surface area contributed by atoms with Gasteiger partial charge in [-0.1, -0.05) is 32.9 Å². The summed E-state index contributed by atoms with van der Waals surface area (Å²) in [6, 6.07) is 13.1. The molecule has 4 heterocycles. The molecule has 208 valence electrons. The van der Waals surface area contributed by atoms with Gasteiger partial charge in [0.1, 0.15) is 24.1 Å². The summed E-state index contributed by atoms with van der Waals surface area (Å²) in [7, 11) is 2.19. The Balaban J connectivity index is 1.15. The molecule has 0 spiro atoms. The lowest BCUT2D eigenvalue weighted by Crippen LogP contribution is -2.45. The lowest BCUT2D eigenvalue weighted by molar-refractivity contribution is 0.133. The van der Waals surface area contributed by atoms with Gasteiger partial charge in [0.05, 0.1) is 0 Å². The standard InChI is InChI=1S/C31H43N7O/c1-31(2,3)23-38-27(19-26-21-33-29(20-32)34-30(26)38)22-37-11-9-25(10-12-37)24-5-7-28(8-6-24)39-18-17-36-15-13-35(4)14-16-36/h5-8,19,21,25H,9-18,22-23H2,1-4H3. The molecule has 0 unspecified atom stereocenters. The van der Waals surface area contributed by atoms with Gasteiger partial charge >= 0.3 is 0 Å². The Morgan fingerprint density at radius 3 is 2.38 bits per heavy atom. The normalized spacial score (nSPS) is 18.4. The van der Waals surface area contributed by atoms with Crippen LogP contribution in [0.4, 0.5) is 0 Å². The molecule has 3 aromatic rings. The topological polar surface area (TPSA) is 73.5 Å². The van der Waals surface area contributed by atoms with E-state index in [0.29, 0.717) is 5.92 Å². The quantitative estimate of drug-likeness (QED) is 0.429. The first-order valence-electron chi connectivity index (χ1n) is 14.4. The van der Waals surface area contributed by atoms with Crippen LogP contribution in [0.2, 0.25) is 0 Å². The number of nitriles is 1. The van der Waals surface area contributed by atoms with Gasteiger partial charge in [0.2, 0.25) is 5.82 Å². The molecular weight excluding hydrogens is 486 g/mol. The van der Waals surface area contributed by atoms with Gasteiger partial charge in [-0.25, -0.2) is 9.97 Å². The van der Waals surface area contributed by atoms with Crippen molar-refractivity contribution in [3.05, 3.63) is 53.6 Å². The van der Waals surface area contributed by atoms with E-state index < -0.39 is 0 Å². The summed E-state index contributed by atoms with van der Waals surface area (Å²) >= 11 is 0. The first kappa shape index (κ1) is 27.6. The molecule has 1 aromatic carbocycles. The van der Waals surface area contributed by atoms with E-state index in [1.807, 2.05) is 0 Å². The number of piperidine rings is 1. The highest BCUT2D eigenvalue weighted by Crippen LogP contribution is 2.31. The highest BCUT2D eigenvalue weighted by atomic mass is 16.5. The molecule has 0 atom stereocenters. The van der Waals surface area contributed by atoms with Crippen molar-refractivity contribution < 1.29 is 4.74 Å². The second-order valence-corrected chi connectivity index (χ2v) is 12.5. The van der Waals surface area contributed by atoms with E-state index in [4.69, 9.17) is 4.74 Å². The van der Waals surface area contributed by atoms with Crippen LogP contribution in [0.1, 0.15) is 56.6 Å². The first-order chi connectivity index (χ1) is 18.8. The van der Waals surface area contributed by atoms with Crippen molar-refractivity contribution in [2.24, 2.45) is 5.41 Å². The Morgan fingerprint density at radius 1 is 1.00 bits per heavy atom. The molecule has 8 nitrogen and oxygen atoms in total. The molecule has 2 fully saturated rings. The molecule has 0 aliphatic carbocycles. The number of ether oxygens (including phenoxy) is 1. The Morgan fingerprint density at radius 2 is 1.72 bits per heavy atom. The highest BCUT2D eigenvalue weighted by Gasteiger charge is 2.24. The van der Waals surface area contributed by atoms with Crippen molar-refractivity contribution in [1.29, 1.82) is 5.26 Å². The van der Waals surface area contributed by atoms with Gasteiger partial charge in [-0.15, -0.1) is 0 Å². The maximum Gasteiger partial charge on any atom is 0.234 e. The molecule has 39 heavy (non-hydrogen) atoms. The Hall–Kier alpha value is -2.99. The highest BCUT2D eigenvalue weighted by molar-refractivity contribution is 5.77. The number of fused-ring (bicyclic) bond motifs is 1. The summed E-state index contributed by atoms with van der Waals surface area (Å²) in [6.45, 7) is 16.9. The number of likely N-dealkylation sites (tertiary alicyclic amines) is 1. The fraction of sp³-hybridized carbons (Fsp3) is 0.581. The Labute approximate surface area is 233 Å². The Bertz CT molecular complexity index is 1270. The number of aromatic nitrogens is 3. The molecule has 2 aliphatic heterocycles. The Kier molecular flexibility index (Phi) is 8.51. The van der Waals surface area contributed by atoms with Crippen molar-refractivity contribution in [2.45, 2.75) is 52.6 Å². The molecule has 0 amide bonds. The fourth-order valence-electron chi connectivity index (χ4n) is 5.78. The minimum atomic E-state index is 0.103. The van der Waals surface area contributed by atoms with Crippen molar-refractivity contribution in [1.82, 2.24) is 29.2 Å². The first-order valence-corrected chi connectivity index (χ1v) is 14.4. The van der Waals surface area contributed by atoms with E-state index in [0.717, 1.165) is 95.1 Å². The van der Waals surface area contributed by atoms with Crippen LogP contribution in [0.5, 0.6) is 5.75 Å². The number of hydrogen-bond donors (Lipinski definition) is 0. The average molecular weight is 530 g/mol. The SMILES string of the molecule is CN1CCN(CCOc2ccc(C3CCN(Cc4cc5cnc(C#N)nc5n4CC(C)(C)C)CC3)cc2)CC1. The molecule has 0 N–H and O–H groups in total. The smallest absolute Gasteiger partial charge is 0.234 e. The molecule has 5 rings (SSSR count). The molecule has 0 bridgehead atoms. The number of rotatable bonds is 8. The molecule has 2 aliphatic rings. The maximum atomic E-state index is 9.31. The van der Waals surface area contributed by atoms with Crippen LogP contribution in [0.25, 0.3) is 11.0 Å². The van der Waals surface area contributed by atoms with E-state index in [1.165, 1.54) is 11.3 Å². The van der Waals surface area contributed by atoms with Crippen molar-refractivity contribution >= 4 is 11.0 Å². The molecule has 0 radical (unpaired) electrons. The van der Waals surface area contributed by atoms with E-state index in [1.54, 1.807) is 6.20 Å². The zero-order valence-corrected chi connectivity index (χ0v) is 24.1. The minimum Gasteiger partial charge on any atom is -0.492 e. The van der Waals surface area contributed by atoms with E-state index >= 15 is 0 Å². The zero-order valence-electron chi connectivity index (χ0n) is 24.1. The molecular formula is C31H43N7O. The lowest BCUT2D eigenvalue weighted by atomic mass is 9.89. The number of nitrogens with zero attached hydrogens (tertiary/aromatic N) is 7. The minimum absolute atomic E-state index is 0.103. The van der Waals surface area contributed by atoms with E-state index in [2.05, 4.69) is 93.5 Å². The van der Waals surface area contributed by atoms with Gasteiger partial charge in [-0.05, 0) is 68.1 Å². The summed E-state index contributed by atoms with van der Waals surface area (Å²) in [5.74, 6) is 1.79. The fourth-order valence-corrected chi connectivity index (χ4v) is 5.78. The summed E-state index contributed by atoms with van der Waals surface area (Å²) < 4.78 is 8.35. The third-order valence-corrected chi connectivity index (χ3v) is 8.05. The van der Waals surface area contributed by atoms with Crippen LogP contribution in [0.3, 0.4) is 0 Å². The lowest BCUT2D eigenvalue weighted by Gasteiger charge is -2.33. The van der Waals surface area contributed by atoms with Gasteiger partial charge in [0.25, 0.3) is 0 Å². The predicted octanol–water partition coefficient (Wildman–Crippen LogP) is 4.35. The predicted molar refractivity (Wildman–Crippen MR) is 155 cm³/mol. The van der Waals surface area contributed by atoms with Gasteiger partial charge in [0.15, 0.2) is 0 Å². The van der Waals surface area contributed by atoms with Crippen molar-refractivity contribution in [3.8, 4) is 11.8 Å². The maximum absolute atomic E-state index is 9.31. The van der Waals surface area contributed by atoms with Crippen LogP contribution in [0.15, 0.2) is 36.5 Å². The largest absolute Gasteiger partial charge is 0.492 e. The van der Waals surface area contributed by atoms with Gasteiger partial charge in [-0.3, -0.25) is 9.80 Å². The zero-order chi connectivity index (χ0) is 27.4. The monoisotopic (exact) mass is 529 g/mol. The third kappa shape index (κ3) is 7.16. The van der Waals surface area contributed by atoms with Gasteiger partial charge in [0, 0.05) is 63.1 Å². The van der Waals surface area contributed by atoms with E-state index in [9.17, 15) is 5.26 Å². The summed E-state index contributed by atoms with van der Waals surface area (Å²) in [5, 5.41) is 10.3. The van der Waals surface area contributed by atoms with Gasteiger partial charge < -0.3 is 14.2 Å². The summed E-state index contributed by atoms with van der Waals surface area (Å²) in [6.07, 6.45) is 4.10. The number of likely N-dealkylation sites (N-methyl/N-ethyl adjacent to an activating group) is 1. The molecule has 8 heteroatoms. The third-order valence-electron chi connectivity index (χ3n) is 8.05. The summed E-state index contributed by atoms with van der Waals surface area (Å²) in [5.41, 5.74) is 3.64.